The molecule has 6 heteroatoms. The molecule has 0 aromatic heterocycles. The second-order valence-electron chi connectivity index (χ2n) is 13.5. The lowest BCUT2D eigenvalue weighted by Gasteiger charge is -2.05. The van der Waals surface area contributed by atoms with Crippen LogP contribution in [0.4, 0.5) is 0 Å². The topological polar surface area (TPSA) is 55.4 Å². The molecule has 0 saturated heterocycles. The van der Waals surface area contributed by atoms with Gasteiger partial charge in [0, 0.05) is 39.6 Å². The Kier molecular flexibility index (Phi) is 54.9. The van der Waals surface area contributed by atoms with E-state index in [1.165, 1.54) is 154 Å². The smallest absolute Gasteiger partial charge is 0.0648 e. The Bertz CT molecular complexity index is 600. The molecule has 2 heterocycles. The van der Waals surface area contributed by atoms with Gasteiger partial charge < -0.3 is 28.4 Å². The van der Waals surface area contributed by atoms with Gasteiger partial charge in [0.15, 0.2) is 0 Å². The average molecular weight is 737 g/mol. The van der Waals surface area contributed by atoms with E-state index in [2.05, 4.69) is 37.5 Å². The maximum absolute atomic E-state index is 5.49. The highest BCUT2D eigenvalue weighted by molar-refractivity contribution is 4.81. The lowest BCUT2D eigenvalue weighted by atomic mass is 10.1. The van der Waals surface area contributed by atoms with Gasteiger partial charge in [0.2, 0.25) is 0 Å². The van der Waals surface area contributed by atoms with E-state index in [1.54, 1.807) is 12.2 Å². The third-order valence-corrected chi connectivity index (χ3v) is 8.64. The summed E-state index contributed by atoms with van der Waals surface area (Å²) in [6.45, 7) is 21.0. The molecule has 0 aromatic carbocycles. The van der Waals surface area contributed by atoms with E-state index in [0.717, 1.165) is 66.1 Å². The summed E-state index contributed by atoms with van der Waals surface area (Å²) >= 11 is 0. The zero-order chi connectivity index (χ0) is 37.9. The third kappa shape index (κ3) is 53.1. The molecule has 0 N–H and O–H groups in total. The molecule has 0 unspecified atom stereocenters. The molecule has 2 aliphatic rings. The van der Waals surface area contributed by atoms with Gasteiger partial charge in [0.1, 0.15) is 0 Å². The molecule has 2 aliphatic heterocycles. The molecular formula is C46H88O6. The van der Waals surface area contributed by atoms with E-state index >= 15 is 0 Å². The molecule has 2 rings (SSSR count). The second-order valence-corrected chi connectivity index (χ2v) is 13.5. The number of hydrogen-bond donors (Lipinski definition) is 0. The molecule has 0 aromatic rings. The van der Waals surface area contributed by atoms with Crippen molar-refractivity contribution in [1.29, 1.82) is 0 Å². The normalized spacial score (nSPS) is 17.9. The quantitative estimate of drug-likeness (QED) is 0.123. The van der Waals surface area contributed by atoms with Gasteiger partial charge in [-0.2, -0.15) is 0 Å². The van der Waals surface area contributed by atoms with Crippen LogP contribution in [0, 0.1) is 0 Å². The summed E-state index contributed by atoms with van der Waals surface area (Å²) in [5.74, 6) is 0. The van der Waals surface area contributed by atoms with E-state index in [0.29, 0.717) is 13.2 Å². The number of ether oxygens (including phenoxy) is 6. The summed E-state index contributed by atoms with van der Waals surface area (Å²) in [7, 11) is 0. The molecule has 0 atom stereocenters. The molecule has 0 fully saturated rings. The summed E-state index contributed by atoms with van der Waals surface area (Å²) < 4.78 is 32.6. The Morgan fingerprint density at radius 3 is 0.865 bits per heavy atom. The van der Waals surface area contributed by atoms with Crippen LogP contribution in [0.2, 0.25) is 0 Å². The predicted octanol–water partition coefficient (Wildman–Crippen LogP) is 13.0. The van der Waals surface area contributed by atoms with Crippen molar-refractivity contribution < 1.29 is 28.4 Å². The summed E-state index contributed by atoms with van der Waals surface area (Å²) in [5.41, 5.74) is 0. The van der Waals surface area contributed by atoms with Gasteiger partial charge in [-0.3, -0.25) is 0 Å². The van der Waals surface area contributed by atoms with E-state index in [4.69, 9.17) is 28.4 Å². The van der Waals surface area contributed by atoms with E-state index < -0.39 is 0 Å². The second kappa shape index (κ2) is 54.1. The Balaban J connectivity index is 0. The van der Waals surface area contributed by atoms with Crippen LogP contribution in [0.25, 0.3) is 0 Å². The SMILES string of the molecule is C1=CCOCCCCCCCCCCOC1.C1=CCOCCCCCCCCCCOC1.C=CCOCCCCCCCCCCOCC=C.CC. The van der Waals surface area contributed by atoms with Crippen molar-refractivity contribution in [3.63, 3.8) is 0 Å². The largest absolute Gasteiger partial charge is 0.377 e. The van der Waals surface area contributed by atoms with Crippen molar-refractivity contribution in [3.8, 4) is 0 Å². The number of rotatable bonds is 15. The van der Waals surface area contributed by atoms with Crippen LogP contribution in [-0.4, -0.2) is 79.3 Å². The van der Waals surface area contributed by atoms with Gasteiger partial charge >= 0.3 is 0 Å². The average Bonchev–Trinajstić information content (AvgIpc) is 3.16. The van der Waals surface area contributed by atoms with Crippen LogP contribution in [0.15, 0.2) is 49.6 Å². The number of hydrogen-bond acceptors (Lipinski definition) is 6. The van der Waals surface area contributed by atoms with Crippen molar-refractivity contribution in [2.45, 2.75) is 168 Å². The standard InChI is InChI=1S/C16H30O2.2C14H26O2.C2H6/c1-3-13-17-15-11-9-7-5-6-8-10-12-16-18-14-4-2;2*1-2-4-6-8-12-16-14-10-9-13-15-11-7-5-3-1;1-2/h3-4H,1-2,5-16H2;2*9-10H,1-8,11-14H2;1-2H3. The van der Waals surface area contributed by atoms with Crippen LogP contribution in [0.5, 0.6) is 0 Å². The van der Waals surface area contributed by atoms with Gasteiger partial charge in [-0.05, 0) is 38.5 Å². The van der Waals surface area contributed by atoms with Crippen LogP contribution in [0.1, 0.15) is 168 Å². The minimum absolute atomic E-state index is 0.688. The first-order valence-electron chi connectivity index (χ1n) is 21.9. The van der Waals surface area contributed by atoms with E-state index in [9.17, 15) is 0 Å². The minimum Gasteiger partial charge on any atom is -0.377 e. The Hall–Kier alpha value is -1.28. The highest BCUT2D eigenvalue weighted by atomic mass is 16.5. The number of unbranched alkanes of at least 4 members (excludes halogenated alkanes) is 7. The Labute approximate surface area is 324 Å². The third-order valence-electron chi connectivity index (χ3n) is 8.64. The first-order valence-corrected chi connectivity index (χ1v) is 21.9. The van der Waals surface area contributed by atoms with Crippen LogP contribution in [-0.2, 0) is 28.4 Å². The van der Waals surface area contributed by atoms with Gasteiger partial charge in [-0.25, -0.2) is 0 Å². The fourth-order valence-electron chi connectivity index (χ4n) is 5.62. The molecular weight excluding hydrogens is 649 g/mol. The summed E-state index contributed by atoms with van der Waals surface area (Å²) in [5, 5.41) is 0. The van der Waals surface area contributed by atoms with Crippen LogP contribution in [0.3, 0.4) is 0 Å². The molecule has 0 amide bonds. The highest BCUT2D eigenvalue weighted by Gasteiger charge is 1.96. The minimum atomic E-state index is 0.688. The zero-order valence-corrected chi connectivity index (χ0v) is 34.8. The Morgan fingerprint density at radius 2 is 0.615 bits per heavy atom. The van der Waals surface area contributed by atoms with Crippen molar-refractivity contribution in [2.75, 3.05) is 79.3 Å². The fraction of sp³-hybridized carbons (Fsp3) is 0.826. The van der Waals surface area contributed by atoms with Crippen molar-refractivity contribution in [2.24, 2.45) is 0 Å². The van der Waals surface area contributed by atoms with Crippen LogP contribution < -0.4 is 0 Å². The molecule has 0 saturated carbocycles. The molecule has 52 heavy (non-hydrogen) atoms. The summed E-state index contributed by atoms with van der Waals surface area (Å²) in [6.07, 6.45) is 43.4. The maximum Gasteiger partial charge on any atom is 0.0648 e. The lowest BCUT2D eigenvalue weighted by molar-refractivity contribution is 0.148. The van der Waals surface area contributed by atoms with Gasteiger partial charge in [-0.1, -0.05) is 166 Å². The fourth-order valence-corrected chi connectivity index (χ4v) is 5.62. The molecule has 0 spiro atoms. The van der Waals surface area contributed by atoms with Crippen molar-refractivity contribution in [1.82, 2.24) is 0 Å². The molecule has 0 bridgehead atoms. The molecule has 0 radical (unpaired) electrons. The Morgan fingerprint density at radius 1 is 0.385 bits per heavy atom. The lowest BCUT2D eigenvalue weighted by Crippen LogP contribution is -1.97. The molecule has 0 aliphatic carbocycles. The van der Waals surface area contributed by atoms with E-state index in [1.807, 2.05) is 13.8 Å². The van der Waals surface area contributed by atoms with Gasteiger partial charge in [0.25, 0.3) is 0 Å². The van der Waals surface area contributed by atoms with Crippen molar-refractivity contribution in [3.05, 3.63) is 49.6 Å². The monoisotopic (exact) mass is 737 g/mol. The highest BCUT2D eigenvalue weighted by Crippen LogP contribution is 2.11. The molecule has 6 nitrogen and oxygen atoms in total. The van der Waals surface area contributed by atoms with Gasteiger partial charge in [-0.15, -0.1) is 13.2 Å². The maximum atomic E-state index is 5.49. The first-order chi connectivity index (χ1) is 25.9. The zero-order valence-electron chi connectivity index (χ0n) is 34.8. The van der Waals surface area contributed by atoms with E-state index in [-0.39, 0.29) is 0 Å². The van der Waals surface area contributed by atoms with Crippen molar-refractivity contribution >= 4 is 0 Å². The predicted molar refractivity (Wildman–Crippen MR) is 226 cm³/mol. The first kappa shape index (κ1) is 52.8. The summed E-state index contributed by atoms with van der Waals surface area (Å²) in [6, 6.07) is 0. The summed E-state index contributed by atoms with van der Waals surface area (Å²) in [4.78, 5) is 0. The molecule has 308 valence electrons. The van der Waals surface area contributed by atoms with Gasteiger partial charge in [0.05, 0.1) is 39.6 Å². The van der Waals surface area contributed by atoms with Crippen LogP contribution >= 0.6 is 0 Å².